The normalized spacial score (nSPS) is 10.3. The first kappa shape index (κ1) is 24.7. The fourth-order valence-corrected chi connectivity index (χ4v) is 2.50. The number of nitrogen functional groups attached to an aromatic ring is 2. The van der Waals surface area contributed by atoms with Crippen molar-refractivity contribution in [3.8, 4) is 11.8 Å². The van der Waals surface area contributed by atoms with E-state index in [-0.39, 0.29) is 18.3 Å². The molecule has 0 aliphatic rings. The SMILES string of the molecule is N=C(N)c1ccc2cc(C#CCNC(=O)c3ccc(N)cc3)ccc2c1.O=C(O)C(F)(F)F. The van der Waals surface area contributed by atoms with E-state index < -0.39 is 12.1 Å². The lowest BCUT2D eigenvalue weighted by Gasteiger charge is -2.03. The Morgan fingerprint density at radius 1 is 0.970 bits per heavy atom. The number of alkyl halides is 3. The highest BCUT2D eigenvalue weighted by molar-refractivity contribution is 5.99. The van der Waals surface area contributed by atoms with Crippen LogP contribution >= 0.6 is 0 Å². The summed E-state index contributed by atoms with van der Waals surface area (Å²) in [5.41, 5.74) is 13.8. The largest absolute Gasteiger partial charge is 0.490 e. The topological polar surface area (TPSA) is 142 Å². The van der Waals surface area contributed by atoms with Crippen molar-refractivity contribution in [2.24, 2.45) is 5.73 Å². The Hall–Kier alpha value is -4.52. The van der Waals surface area contributed by atoms with Crippen LogP contribution in [0.3, 0.4) is 0 Å². The van der Waals surface area contributed by atoms with Gasteiger partial charge >= 0.3 is 12.1 Å². The molecule has 170 valence electrons. The Balaban J connectivity index is 0.000000479. The summed E-state index contributed by atoms with van der Waals surface area (Å²) in [7, 11) is 0. The number of carboxylic acids is 1. The van der Waals surface area contributed by atoms with Gasteiger partial charge in [-0.25, -0.2) is 4.79 Å². The molecule has 3 aromatic rings. The predicted molar refractivity (Wildman–Crippen MR) is 119 cm³/mol. The van der Waals surface area contributed by atoms with E-state index in [2.05, 4.69) is 17.2 Å². The average molecular weight is 456 g/mol. The third-order valence-electron chi connectivity index (χ3n) is 4.14. The number of hydrogen-bond donors (Lipinski definition) is 5. The van der Waals surface area contributed by atoms with E-state index in [1.165, 1.54) is 0 Å². The second-order valence-corrected chi connectivity index (χ2v) is 6.60. The Morgan fingerprint density at radius 3 is 2.09 bits per heavy atom. The summed E-state index contributed by atoms with van der Waals surface area (Å²) in [6.07, 6.45) is -5.08. The average Bonchev–Trinajstić information content (AvgIpc) is 2.76. The lowest BCUT2D eigenvalue weighted by atomic mass is 10.0. The fourth-order valence-electron chi connectivity index (χ4n) is 2.50. The molecule has 0 atom stereocenters. The minimum absolute atomic E-state index is 0.0487. The van der Waals surface area contributed by atoms with Crippen LogP contribution in [0.5, 0.6) is 0 Å². The molecule has 10 heteroatoms. The Bertz CT molecular complexity index is 1240. The number of carboxylic acid groups (broad SMARTS) is 1. The highest BCUT2D eigenvalue weighted by atomic mass is 19.4. The number of amidine groups is 1. The first-order chi connectivity index (χ1) is 15.5. The molecule has 3 rings (SSSR count). The van der Waals surface area contributed by atoms with Gasteiger partial charge in [0.15, 0.2) is 0 Å². The highest BCUT2D eigenvalue weighted by Gasteiger charge is 2.38. The van der Waals surface area contributed by atoms with Crippen LogP contribution in [0.2, 0.25) is 0 Å². The maximum absolute atomic E-state index is 12.0. The van der Waals surface area contributed by atoms with Crippen LogP contribution in [0.1, 0.15) is 21.5 Å². The molecule has 0 aromatic heterocycles. The van der Waals surface area contributed by atoms with Gasteiger partial charge in [0.05, 0.1) is 6.54 Å². The number of hydrogen-bond acceptors (Lipinski definition) is 4. The molecule has 33 heavy (non-hydrogen) atoms. The van der Waals surface area contributed by atoms with Gasteiger partial charge in [-0.05, 0) is 53.2 Å². The summed E-state index contributed by atoms with van der Waals surface area (Å²) in [5, 5.41) is 19.4. The van der Waals surface area contributed by atoms with Crippen molar-refractivity contribution in [1.29, 1.82) is 5.41 Å². The molecule has 0 aliphatic carbocycles. The number of rotatable bonds is 3. The van der Waals surface area contributed by atoms with Gasteiger partial charge in [0.25, 0.3) is 5.91 Å². The smallest absolute Gasteiger partial charge is 0.475 e. The van der Waals surface area contributed by atoms with Crippen LogP contribution in [0.25, 0.3) is 10.8 Å². The number of nitrogens with one attached hydrogen (secondary N) is 2. The molecular weight excluding hydrogens is 437 g/mol. The van der Waals surface area contributed by atoms with E-state index in [4.69, 9.17) is 26.8 Å². The number of nitrogens with two attached hydrogens (primary N) is 2. The van der Waals surface area contributed by atoms with Crippen LogP contribution in [0, 0.1) is 17.3 Å². The van der Waals surface area contributed by atoms with E-state index in [0.29, 0.717) is 16.8 Å². The third-order valence-corrected chi connectivity index (χ3v) is 4.14. The molecule has 7 nitrogen and oxygen atoms in total. The molecule has 0 unspecified atom stereocenters. The van der Waals surface area contributed by atoms with Crippen LogP contribution in [-0.2, 0) is 4.79 Å². The van der Waals surface area contributed by atoms with E-state index in [1.807, 2.05) is 36.4 Å². The number of aliphatic carboxylic acids is 1. The zero-order chi connectivity index (χ0) is 24.6. The Morgan fingerprint density at radius 2 is 1.52 bits per heavy atom. The van der Waals surface area contributed by atoms with Crippen LogP contribution in [0.4, 0.5) is 18.9 Å². The molecule has 0 spiro atoms. The van der Waals surface area contributed by atoms with E-state index in [1.54, 1.807) is 24.3 Å². The number of halogens is 3. The summed E-state index contributed by atoms with van der Waals surface area (Å²) < 4.78 is 31.7. The zero-order valence-electron chi connectivity index (χ0n) is 17.0. The maximum Gasteiger partial charge on any atom is 0.490 e. The number of fused-ring (bicyclic) bond motifs is 1. The number of carbonyl (C=O) groups excluding carboxylic acids is 1. The third kappa shape index (κ3) is 7.59. The van der Waals surface area contributed by atoms with Crippen molar-refractivity contribution in [3.63, 3.8) is 0 Å². The lowest BCUT2D eigenvalue weighted by Crippen LogP contribution is -2.23. The molecule has 0 radical (unpaired) electrons. The van der Waals surface area contributed by atoms with Crippen molar-refractivity contribution in [1.82, 2.24) is 5.32 Å². The van der Waals surface area contributed by atoms with E-state index in [9.17, 15) is 18.0 Å². The number of benzene rings is 3. The predicted octanol–water partition coefficient (Wildman–Crippen LogP) is 3.12. The van der Waals surface area contributed by atoms with Gasteiger partial charge in [-0.3, -0.25) is 10.2 Å². The van der Waals surface area contributed by atoms with Crippen molar-refractivity contribution in [2.45, 2.75) is 6.18 Å². The van der Waals surface area contributed by atoms with Crippen molar-refractivity contribution >= 4 is 34.2 Å². The van der Waals surface area contributed by atoms with Gasteiger partial charge in [-0.2, -0.15) is 13.2 Å². The quantitative estimate of drug-likeness (QED) is 0.178. The number of amides is 1. The summed E-state index contributed by atoms with van der Waals surface area (Å²) in [4.78, 5) is 20.9. The van der Waals surface area contributed by atoms with Gasteiger partial charge in [0.2, 0.25) is 0 Å². The second kappa shape index (κ2) is 10.7. The van der Waals surface area contributed by atoms with Crippen molar-refractivity contribution in [3.05, 3.63) is 77.4 Å². The van der Waals surface area contributed by atoms with Crippen molar-refractivity contribution < 1.29 is 27.9 Å². The fraction of sp³-hybridized carbons (Fsp3) is 0.0870. The summed E-state index contributed by atoms with van der Waals surface area (Å²) in [6.45, 7) is 0.254. The monoisotopic (exact) mass is 456 g/mol. The van der Waals surface area contributed by atoms with Crippen LogP contribution < -0.4 is 16.8 Å². The van der Waals surface area contributed by atoms with Gasteiger partial charge in [-0.15, -0.1) is 0 Å². The lowest BCUT2D eigenvalue weighted by molar-refractivity contribution is -0.192. The molecule has 0 bridgehead atoms. The number of anilines is 1. The molecule has 7 N–H and O–H groups in total. The van der Waals surface area contributed by atoms with E-state index >= 15 is 0 Å². The molecule has 3 aromatic carbocycles. The highest BCUT2D eigenvalue weighted by Crippen LogP contribution is 2.17. The molecule has 0 heterocycles. The van der Waals surface area contributed by atoms with Crippen LogP contribution in [-0.4, -0.2) is 35.5 Å². The van der Waals surface area contributed by atoms with Crippen LogP contribution in [0.15, 0.2) is 60.7 Å². The van der Waals surface area contributed by atoms with Gasteiger partial charge < -0.3 is 21.9 Å². The minimum atomic E-state index is -5.08. The Labute approximate surface area is 186 Å². The van der Waals surface area contributed by atoms with Gasteiger partial charge in [0.1, 0.15) is 5.84 Å². The molecular formula is C23H19F3N4O3. The molecule has 1 amide bonds. The minimum Gasteiger partial charge on any atom is -0.475 e. The first-order valence-electron chi connectivity index (χ1n) is 9.28. The summed E-state index contributed by atoms with van der Waals surface area (Å²) in [5.74, 6) is 3.09. The Kier molecular flexibility index (Phi) is 8.01. The first-order valence-corrected chi connectivity index (χ1v) is 9.28. The summed E-state index contributed by atoms with van der Waals surface area (Å²) >= 11 is 0. The maximum atomic E-state index is 12.0. The summed E-state index contributed by atoms with van der Waals surface area (Å²) in [6, 6.07) is 18.2. The number of carbonyl (C=O) groups is 2. The molecule has 0 aliphatic heterocycles. The molecule has 0 fully saturated rings. The standard InChI is InChI=1S/C21H18N4O.C2HF3O2/c22-19-9-7-15(8-10-19)21(26)25-11-1-2-14-3-4-17-13-18(20(23)24)6-5-16(17)12-14;3-2(4,5)1(6)7/h3-10,12-13H,11,22H2,(H3,23,24)(H,25,26);(H,6,7). The van der Waals surface area contributed by atoms with Gasteiger partial charge in [0, 0.05) is 22.4 Å². The van der Waals surface area contributed by atoms with Gasteiger partial charge in [-0.1, -0.05) is 30.0 Å². The molecule has 0 saturated heterocycles. The second-order valence-electron chi connectivity index (χ2n) is 6.60. The van der Waals surface area contributed by atoms with E-state index in [0.717, 1.165) is 16.3 Å². The zero-order valence-corrected chi connectivity index (χ0v) is 17.0. The molecule has 0 saturated carbocycles. The van der Waals surface area contributed by atoms with Crippen molar-refractivity contribution in [2.75, 3.05) is 12.3 Å².